The smallest absolute Gasteiger partial charge is 0.228 e. The molecule has 0 unspecified atom stereocenters. The zero-order valence-corrected chi connectivity index (χ0v) is 16.3. The van der Waals surface area contributed by atoms with Gasteiger partial charge in [-0.15, -0.1) is 0 Å². The van der Waals surface area contributed by atoms with E-state index in [1.165, 1.54) is 0 Å². The summed E-state index contributed by atoms with van der Waals surface area (Å²) < 4.78 is 5.12. The minimum atomic E-state index is 0.0212. The Labute approximate surface area is 168 Å². The third kappa shape index (κ3) is 4.27. The van der Waals surface area contributed by atoms with Crippen molar-refractivity contribution in [1.82, 2.24) is 15.0 Å². The van der Waals surface area contributed by atoms with E-state index in [1.807, 2.05) is 19.1 Å². The first-order chi connectivity index (χ1) is 14.2. The second-order valence-electron chi connectivity index (χ2n) is 6.76. The molecule has 1 aliphatic carbocycles. The highest BCUT2D eigenvalue weighted by atomic mass is 16.5. The Bertz CT molecular complexity index is 1110. The van der Waals surface area contributed by atoms with Gasteiger partial charge in [0.05, 0.1) is 18.9 Å². The number of pyridine rings is 3. The van der Waals surface area contributed by atoms with Crippen LogP contribution in [-0.4, -0.2) is 34.5 Å². The van der Waals surface area contributed by atoms with Crippen LogP contribution in [-0.2, 0) is 4.79 Å². The van der Waals surface area contributed by atoms with Gasteiger partial charge in [-0.3, -0.25) is 4.79 Å². The van der Waals surface area contributed by atoms with Crippen molar-refractivity contribution < 1.29 is 9.53 Å². The van der Waals surface area contributed by atoms with Crippen molar-refractivity contribution in [3.05, 3.63) is 48.0 Å². The van der Waals surface area contributed by atoms with Crippen molar-refractivity contribution in [1.29, 1.82) is 0 Å². The number of hydrogen-bond donors (Lipinski definition) is 2. The standard InChI is InChI=1S/C22H21N5O2/c1-3-23-21-19-13-25-20(27-22(28)14-4-5-14)10-18(19)15(11-26-21)6-7-16-8-9-17(29-2)12-24-16/h8-14H,3-5H2,1-2H3,(H,23,26)(H,25,27,28). The number of hydrogen-bond acceptors (Lipinski definition) is 6. The average Bonchev–Trinajstić information content (AvgIpc) is 3.59. The SMILES string of the molecule is CCNc1ncc(C#Cc2ccc(OC)cn2)c2cc(NC(=O)C3CC3)ncc12. The van der Waals surface area contributed by atoms with Gasteiger partial charge in [0.15, 0.2) is 0 Å². The molecule has 1 fully saturated rings. The maximum Gasteiger partial charge on any atom is 0.228 e. The lowest BCUT2D eigenvalue weighted by Gasteiger charge is -2.10. The number of methoxy groups -OCH3 is 1. The first-order valence-electron chi connectivity index (χ1n) is 9.53. The predicted molar refractivity (Wildman–Crippen MR) is 112 cm³/mol. The third-order valence-corrected chi connectivity index (χ3v) is 4.61. The quantitative estimate of drug-likeness (QED) is 0.654. The van der Waals surface area contributed by atoms with Crippen LogP contribution in [0.2, 0.25) is 0 Å². The lowest BCUT2D eigenvalue weighted by molar-refractivity contribution is -0.117. The van der Waals surface area contributed by atoms with E-state index in [1.54, 1.807) is 31.8 Å². The maximum atomic E-state index is 12.1. The van der Waals surface area contributed by atoms with Crippen LogP contribution in [0.5, 0.6) is 5.75 Å². The van der Waals surface area contributed by atoms with E-state index in [0.29, 0.717) is 17.3 Å². The van der Waals surface area contributed by atoms with Gasteiger partial charge in [-0.25, -0.2) is 15.0 Å². The minimum Gasteiger partial charge on any atom is -0.495 e. The van der Waals surface area contributed by atoms with Crippen molar-refractivity contribution in [2.45, 2.75) is 19.8 Å². The summed E-state index contributed by atoms with van der Waals surface area (Å²) in [5.74, 6) is 8.28. The van der Waals surface area contributed by atoms with Crippen LogP contribution in [0.4, 0.5) is 11.6 Å². The van der Waals surface area contributed by atoms with Crippen molar-refractivity contribution >= 4 is 28.3 Å². The second-order valence-corrected chi connectivity index (χ2v) is 6.76. The number of carbonyl (C=O) groups excluding carboxylic acids is 1. The summed E-state index contributed by atoms with van der Waals surface area (Å²) in [5.41, 5.74) is 1.37. The van der Waals surface area contributed by atoms with Crippen molar-refractivity contribution in [2.75, 3.05) is 24.3 Å². The van der Waals surface area contributed by atoms with E-state index >= 15 is 0 Å². The molecule has 4 rings (SSSR count). The number of anilines is 2. The summed E-state index contributed by atoms with van der Waals surface area (Å²) in [6, 6.07) is 5.47. The molecular formula is C22H21N5O2. The zero-order chi connectivity index (χ0) is 20.2. The van der Waals surface area contributed by atoms with Gasteiger partial charge in [-0.05, 0) is 43.9 Å². The van der Waals surface area contributed by atoms with Crippen LogP contribution < -0.4 is 15.4 Å². The van der Waals surface area contributed by atoms with E-state index in [2.05, 4.69) is 37.4 Å². The number of fused-ring (bicyclic) bond motifs is 1. The van der Waals surface area contributed by atoms with Gasteiger partial charge in [0.25, 0.3) is 0 Å². The number of nitrogens with one attached hydrogen (secondary N) is 2. The predicted octanol–water partition coefficient (Wildman–Crippen LogP) is 3.21. The van der Waals surface area contributed by atoms with Gasteiger partial charge in [0.2, 0.25) is 5.91 Å². The molecule has 0 aromatic carbocycles. The molecule has 7 heteroatoms. The molecule has 0 radical (unpaired) electrons. The molecular weight excluding hydrogens is 366 g/mol. The summed E-state index contributed by atoms with van der Waals surface area (Å²) in [7, 11) is 1.60. The summed E-state index contributed by atoms with van der Waals surface area (Å²) in [6.07, 6.45) is 6.96. The molecule has 2 N–H and O–H groups in total. The fourth-order valence-electron chi connectivity index (χ4n) is 2.89. The Hall–Kier alpha value is -3.66. The first-order valence-corrected chi connectivity index (χ1v) is 9.53. The molecule has 1 aliphatic rings. The topological polar surface area (TPSA) is 89.0 Å². The Morgan fingerprint density at radius 1 is 1.14 bits per heavy atom. The number of amides is 1. The number of rotatable bonds is 5. The minimum absolute atomic E-state index is 0.0212. The number of ether oxygens (including phenoxy) is 1. The van der Waals surface area contributed by atoms with Crippen LogP contribution in [0.25, 0.3) is 10.8 Å². The molecule has 3 heterocycles. The second kappa shape index (κ2) is 8.15. The van der Waals surface area contributed by atoms with Crippen LogP contribution in [0.15, 0.2) is 36.8 Å². The Kier molecular flexibility index (Phi) is 5.25. The van der Waals surface area contributed by atoms with Gasteiger partial charge >= 0.3 is 0 Å². The van der Waals surface area contributed by atoms with Crippen LogP contribution in [0, 0.1) is 17.8 Å². The molecule has 7 nitrogen and oxygen atoms in total. The fraction of sp³-hybridized carbons (Fsp3) is 0.273. The van der Waals surface area contributed by atoms with Gasteiger partial charge in [0, 0.05) is 35.6 Å². The molecule has 0 atom stereocenters. The molecule has 1 saturated carbocycles. The van der Waals surface area contributed by atoms with Crippen molar-refractivity contribution in [2.24, 2.45) is 5.92 Å². The molecule has 1 amide bonds. The Morgan fingerprint density at radius 2 is 2.00 bits per heavy atom. The van der Waals surface area contributed by atoms with E-state index < -0.39 is 0 Å². The van der Waals surface area contributed by atoms with Gasteiger partial charge in [0.1, 0.15) is 23.1 Å². The molecule has 0 bridgehead atoms. The lowest BCUT2D eigenvalue weighted by Crippen LogP contribution is -2.14. The zero-order valence-electron chi connectivity index (χ0n) is 16.3. The Morgan fingerprint density at radius 3 is 2.69 bits per heavy atom. The lowest BCUT2D eigenvalue weighted by atomic mass is 10.1. The molecule has 0 saturated heterocycles. The highest BCUT2D eigenvalue weighted by Crippen LogP contribution is 2.31. The van der Waals surface area contributed by atoms with E-state index in [-0.39, 0.29) is 11.8 Å². The summed E-state index contributed by atoms with van der Waals surface area (Å²) in [5, 5.41) is 7.86. The monoisotopic (exact) mass is 387 g/mol. The van der Waals surface area contributed by atoms with E-state index in [0.717, 1.165) is 41.5 Å². The fourth-order valence-corrected chi connectivity index (χ4v) is 2.89. The van der Waals surface area contributed by atoms with Crippen LogP contribution in [0.1, 0.15) is 31.0 Å². The normalized spacial score (nSPS) is 12.8. The number of carbonyl (C=O) groups is 1. The van der Waals surface area contributed by atoms with E-state index in [9.17, 15) is 4.79 Å². The average molecular weight is 387 g/mol. The van der Waals surface area contributed by atoms with E-state index in [4.69, 9.17) is 4.74 Å². The largest absolute Gasteiger partial charge is 0.495 e. The van der Waals surface area contributed by atoms with Crippen molar-refractivity contribution in [3.63, 3.8) is 0 Å². The highest BCUT2D eigenvalue weighted by Gasteiger charge is 2.29. The third-order valence-electron chi connectivity index (χ3n) is 4.61. The highest BCUT2D eigenvalue weighted by molar-refractivity contribution is 5.99. The first kappa shape index (κ1) is 18.7. The summed E-state index contributed by atoms with van der Waals surface area (Å²) >= 11 is 0. The molecule has 0 aliphatic heterocycles. The van der Waals surface area contributed by atoms with Gasteiger partial charge < -0.3 is 15.4 Å². The van der Waals surface area contributed by atoms with Crippen LogP contribution in [0.3, 0.4) is 0 Å². The van der Waals surface area contributed by atoms with Gasteiger partial charge in [-0.2, -0.15) is 0 Å². The number of nitrogens with zero attached hydrogens (tertiary/aromatic N) is 3. The maximum absolute atomic E-state index is 12.1. The molecule has 29 heavy (non-hydrogen) atoms. The Balaban J connectivity index is 1.72. The summed E-state index contributed by atoms with van der Waals surface area (Å²) in [6.45, 7) is 2.75. The molecule has 3 aromatic rings. The number of aromatic nitrogens is 3. The van der Waals surface area contributed by atoms with Gasteiger partial charge in [-0.1, -0.05) is 5.92 Å². The van der Waals surface area contributed by atoms with Crippen LogP contribution >= 0.6 is 0 Å². The molecule has 0 spiro atoms. The van der Waals surface area contributed by atoms with Crippen molar-refractivity contribution in [3.8, 4) is 17.6 Å². The summed E-state index contributed by atoms with van der Waals surface area (Å²) in [4.78, 5) is 25.3. The molecule has 3 aromatic heterocycles. The molecule has 146 valence electrons.